The van der Waals surface area contributed by atoms with Crippen LogP contribution in [0.1, 0.15) is 26.3 Å². The van der Waals surface area contributed by atoms with Crippen LogP contribution in [0.3, 0.4) is 0 Å². The number of anilines is 1. The molecule has 2 aromatic rings. The molecule has 0 aliphatic heterocycles. The highest BCUT2D eigenvalue weighted by atomic mass is 16.6. The van der Waals surface area contributed by atoms with Gasteiger partial charge in [-0.1, -0.05) is 29.8 Å². The van der Waals surface area contributed by atoms with Crippen LogP contribution in [0, 0.1) is 6.92 Å². The molecule has 0 atom stereocenters. The van der Waals surface area contributed by atoms with Gasteiger partial charge < -0.3 is 10.5 Å². The number of nitrogens with zero attached hydrogens (tertiary/aromatic N) is 2. The number of carbonyl (C=O) groups is 1. The normalized spacial score (nSPS) is 11.4. The number of nitrogen functional groups attached to an aromatic ring is 1. The fourth-order valence-corrected chi connectivity index (χ4v) is 1.79. The van der Waals surface area contributed by atoms with Crippen molar-refractivity contribution < 1.29 is 9.53 Å². The van der Waals surface area contributed by atoms with E-state index in [4.69, 9.17) is 10.5 Å². The van der Waals surface area contributed by atoms with Crippen LogP contribution in [0.25, 0.3) is 11.3 Å². The van der Waals surface area contributed by atoms with Crippen LogP contribution in [0.5, 0.6) is 0 Å². The molecule has 1 aromatic heterocycles. The number of hydrogen-bond acceptors (Lipinski definition) is 4. The van der Waals surface area contributed by atoms with Gasteiger partial charge in [-0.3, -0.25) is 0 Å². The Morgan fingerprint density at radius 2 is 1.85 bits per heavy atom. The summed E-state index contributed by atoms with van der Waals surface area (Å²) in [6.45, 7) is 7.43. The van der Waals surface area contributed by atoms with Gasteiger partial charge >= 0.3 is 6.09 Å². The second-order valence-corrected chi connectivity index (χ2v) is 5.68. The first kappa shape index (κ1) is 14.1. The lowest BCUT2D eigenvalue weighted by Crippen LogP contribution is -2.28. The number of rotatable bonds is 1. The third-order valence-corrected chi connectivity index (χ3v) is 2.71. The van der Waals surface area contributed by atoms with Crippen LogP contribution >= 0.6 is 0 Å². The van der Waals surface area contributed by atoms with E-state index in [1.165, 1.54) is 4.57 Å². The number of aryl methyl sites for hydroxylation is 1. The van der Waals surface area contributed by atoms with Crippen LogP contribution < -0.4 is 5.73 Å². The summed E-state index contributed by atoms with van der Waals surface area (Å²) in [6, 6.07) is 7.79. The molecular weight excluding hydrogens is 254 g/mol. The van der Waals surface area contributed by atoms with E-state index < -0.39 is 11.7 Å². The Labute approximate surface area is 118 Å². The lowest BCUT2D eigenvalue weighted by molar-refractivity contribution is 0.0543. The Balaban J connectivity index is 2.42. The fraction of sp³-hybridized carbons (Fsp3) is 0.333. The van der Waals surface area contributed by atoms with Gasteiger partial charge in [0.2, 0.25) is 5.95 Å². The van der Waals surface area contributed by atoms with Gasteiger partial charge in [-0.25, -0.2) is 14.3 Å². The average molecular weight is 273 g/mol. The lowest BCUT2D eigenvalue weighted by atomic mass is 10.1. The van der Waals surface area contributed by atoms with E-state index >= 15 is 0 Å². The smallest absolute Gasteiger partial charge is 0.421 e. The summed E-state index contributed by atoms with van der Waals surface area (Å²) in [5.41, 5.74) is 7.83. The summed E-state index contributed by atoms with van der Waals surface area (Å²) in [5.74, 6) is 0.120. The van der Waals surface area contributed by atoms with Gasteiger partial charge in [0.15, 0.2) is 0 Å². The molecule has 0 fully saturated rings. The van der Waals surface area contributed by atoms with Crippen LogP contribution in [-0.2, 0) is 4.74 Å². The minimum absolute atomic E-state index is 0.120. The Hall–Kier alpha value is -2.30. The molecule has 0 unspecified atom stereocenters. The van der Waals surface area contributed by atoms with Gasteiger partial charge in [0.05, 0.1) is 11.9 Å². The van der Waals surface area contributed by atoms with Crippen molar-refractivity contribution in [1.82, 2.24) is 9.55 Å². The summed E-state index contributed by atoms with van der Waals surface area (Å²) in [7, 11) is 0. The minimum atomic E-state index is -0.585. The summed E-state index contributed by atoms with van der Waals surface area (Å²) in [5, 5.41) is 0. The van der Waals surface area contributed by atoms with E-state index in [1.54, 1.807) is 6.20 Å². The zero-order valence-electron chi connectivity index (χ0n) is 12.2. The van der Waals surface area contributed by atoms with E-state index in [0.717, 1.165) is 11.1 Å². The Morgan fingerprint density at radius 1 is 1.25 bits per heavy atom. The average Bonchev–Trinajstić information content (AvgIpc) is 2.70. The topological polar surface area (TPSA) is 70.1 Å². The molecular formula is C15H19N3O2. The highest BCUT2D eigenvalue weighted by Crippen LogP contribution is 2.23. The van der Waals surface area contributed by atoms with Crippen molar-refractivity contribution in [2.45, 2.75) is 33.3 Å². The van der Waals surface area contributed by atoms with Crippen molar-refractivity contribution in [3.05, 3.63) is 36.0 Å². The van der Waals surface area contributed by atoms with Gasteiger partial charge in [-0.2, -0.15) is 0 Å². The first-order chi connectivity index (χ1) is 9.28. The number of hydrogen-bond donors (Lipinski definition) is 1. The molecule has 0 aliphatic carbocycles. The Kier molecular flexibility index (Phi) is 3.53. The molecule has 5 heteroatoms. The predicted molar refractivity (Wildman–Crippen MR) is 78.4 cm³/mol. The molecule has 20 heavy (non-hydrogen) atoms. The van der Waals surface area contributed by atoms with Gasteiger partial charge in [-0.05, 0) is 27.7 Å². The van der Waals surface area contributed by atoms with Crippen molar-refractivity contribution in [2.24, 2.45) is 0 Å². The Morgan fingerprint density at radius 3 is 2.40 bits per heavy atom. The molecule has 1 heterocycles. The molecule has 1 aromatic carbocycles. The molecule has 0 radical (unpaired) electrons. The highest BCUT2D eigenvalue weighted by molar-refractivity contribution is 5.81. The van der Waals surface area contributed by atoms with Crippen LogP contribution in [-0.4, -0.2) is 21.2 Å². The number of ether oxygens (including phenoxy) is 1. The maximum absolute atomic E-state index is 12.2. The predicted octanol–water partition coefficient (Wildman–Crippen LogP) is 3.22. The van der Waals surface area contributed by atoms with Crippen molar-refractivity contribution >= 4 is 12.0 Å². The van der Waals surface area contributed by atoms with Crippen molar-refractivity contribution in [3.63, 3.8) is 0 Å². The third kappa shape index (κ3) is 2.99. The lowest BCUT2D eigenvalue weighted by Gasteiger charge is -2.20. The maximum Gasteiger partial charge on any atom is 0.421 e. The first-order valence-corrected chi connectivity index (χ1v) is 6.41. The highest BCUT2D eigenvalue weighted by Gasteiger charge is 2.22. The van der Waals surface area contributed by atoms with E-state index in [1.807, 2.05) is 52.0 Å². The summed E-state index contributed by atoms with van der Waals surface area (Å²) < 4.78 is 6.64. The van der Waals surface area contributed by atoms with Gasteiger partial charge in [-0.15, -0.1) is 0 Å². The standard InChI is InChI=1S/C15H19N3O2/c1-10-5-7-11(8-6-10)12-9-17-13(16)18(12)14(19)20-15(2,3)4/h5-9H,1-4H3,(H2,16,17). The summed E-state index contributed by atoms with van der Waals surface area (Å²) in [6.07, 6.45) is 1.05. The molecule has 2 N–H and O–H groups in total. The number of imidazole rings is 1. The van der Waals surface area contributed by atoms with Crippen molar-refractivity contribution in [3.8, 4) is 11.3 Å². The minimum Gasteiger partial charge on any atom is -0.443 e. The molecule has 0 bridgehead atoms. The van der Waals surface area contributed by atoms with Gasteiger partial charge in [0.25, 0.3) is 0 Å². The summed E-state index contributed by atoms with van der Waals surface area (Å²) >= 11 is 0. The molecule has 106 valence electrons. The number of aromatic nitrogens is 2. The second kappa shape index (κ2) is 5.00. The molecule has 2 rings (SSSR count). The quantitative estimate of drug-likeness (QED) is 0.866. The van der Waals surface area contributed by atoms with Crippen LogP contribution in [0.2, 0.25) is 0 Å². The molecule has 0 saturated heterocycles. The number of carbonyl (C=O) groups excluding carboxylic acids is 1. The first-order valence-electron chi connectivity index (χ1n) is 6.41. The number of benzene rings is 1. The monoisotopic (exact) mass is 273 g/mol. The van der Waals surface area contributed by atoms with Gasteiger partial charge in [0.1, 0.15) is 5.60 Å². The number of nitrogens with two attached hydrogens (primary N) is 1. The molecule has 0 spiro atoms. The van der Waals surface area contributed by atoms with E-state index in [2.05, 4.69) is 4.98 Å². The molecule has 5 nitrogen and oxygen atoms in total. The Bertz CT molecular complexity index is 622. The van der Waals surface area contributed by atoms with Crippen molar-refractivity contribution in [1.29, 1.82) is 0 Å². The maximum atomic E-state index is 12.2. The second-order valence-electron chi connectivity index (χ2n) is 5.68. The zero-order chi connectivity index (χ0) is 14.9. The third-order valence-electron chi connectivity index (χ3n) is 2.71. The van der Waals surface area contributed by atoms with Crippen LogP contribution in [0.4, 0.5) is 10.7 Å². The SMILES string of the molecule is Cc1ccc(-c2cnc(N)n2C(=O)OC(C)(C)C)cc1. The van der Waals surface area contributed by atoms with Gasteiger partial charge in [0, 0.05) is 5.56 Å². The van der Waals surface area contributed by atoms with E-state index in [0.29, 0.717) is 5.69 Å². The largest absolute Gasteiger partial charge is 0.443 e. The fourth-order valence-electron chi connectivity index (χ4n) is 1.79. The molecule has 0 aliphatic rings. The summed E-state index contributed by atoms with van der Waals surface area (Å²) in [4.78, 5) is 16.2. The zero-order valence-corrected chi connectivity index (χ0v) is 12.2. The van der Waals surface area contributed by atoms with Crippen molar-refractivity contribution in [2.75, 3.05) is 5.73 Å². The van der Waals surface area contributed by atoms with E-state index in [9.17, 15) is 4.79 Å². The molecule has 0 saturated carbocycles. The van der Waals surface area contributed by atoms with E-state index in [-0.39, 0.29) is 5.95 Å². The molecule has 0 amide bonds. The van der Waals surface area contributed by atoms with Crippen LogP contribution in [0.15, 0.2) is 30.5 Å².